The maximum Gasteiger partial charge on any atom is 0.251 e. The number of benzene rings is 2. The SMILES string of the molecule is O=C(NCCc1ncc(-c2ccccc2)[nH]1)c1ccc2c(c1)OCCO2. The average Bonchev–Trinajstić information content (AvgIpc) is 3.17. The quantitative estimate of drug-likeness (QED) is 0.743. The molecular formula is C20H19N3O3. The lowest BCUT2D eigenvalue weighted by molar-refractivity contribution is 0.0952. The Morgan fingerprint density at radius 2 is 1.88 bits per heavy atom. The first-order valence-corrected chi connectivity index (χ1v) is 8.57. The predicted octanol–water partition coefficient (Wildman–Crippen LogP) is 2.82. The van der Waals surface area contributed by atoms with Gasteiger partial charge in [-0.3, -0.25) is 4.79 Å². The minimum atomic E-state index is -0.142. The molecule has 132 valence electrons. The summed E-state index contributed by atoms with van der Waals surface area (Å²) in [4.78, 5) is 20.0. The molecule has 6 heteroatoms. The van der Waals surface area contributed by atoms with Crippen LogP contribution in [0.4, 0.5) is 0 Å². The first-order chi connectivity index (χ1) is 12.8. The third-order valence-electron chi connectivity index (χ3n) is 4.16. The zero-order valence-electron chi connectivity index (χ0n) is 14.2. The maximum atomic E-state index is 12.3. The van der Waals surface area contributed by atoms with Crippen LogP contribution in [0, 0.1) is 0 Å². The van der Waals surface area contributed by atoms with Crippen molar-refractivity contribution in [3.8, 4) is 22.8 Å². The number of hydrogen-bond acceptors (Lipinski definition) is 4. The number of nitrogens with one attached hydrogen (secondary N) is 2. The third kappa shape index (κ3) is 3.54. The van der Waals surface area contributed by atoms with E-state index in [1.54, 1.807) is 18.2 Å². The number of nitrogens with zero attached hydrogens (tertiary/aromatic N) is 1. The zero-order valence-corrected chi connectivity index (χ0v) is 14.2. The van der Waals surface area contributed by atoms with Gasteiger partial charge in [0.25, 0.3) is 5.91 Å². The lowest BCUT2D eigenvalue weighted by Gasteiger charge is -2.18. The van der Waals surface area contributed by atoms with Crippen molar-refractivity contribution in [1.82, 2.24) is 15.3 Å². The molecule has 0 atom stereocenters. The lowest BCUT2D eigenvalue weighted by atomic mass is 10.2. The van der Waals surface area contributed by atoms with Gasteiger partial charge >= 0.3 is 0 Å². The van der Waals surface area contributed by atoms with Gasteiger partial charge in [0.15, 0.2) is 11.5 Å². The second-order valence-electron chi connectivity index (χ2n) is 5.97. The molecule has 0 fully saturated rings. The van der Waals surface area contributed by atoms with Gasteiger partial charge < -0.3 is 19.8 Å². The molecule has 2 aromatic carbocycles. The van der Waals surface area contributed by atoms with Crippen LogP contribution >= 0.6 is 0 Å². The zero-order chi connectivity index (χ0) is 17.8. The highest BCUT2D eigenvalue weighted by Crippen LogP contribution is 2.30. The van der Waals surface area contributed by atoms with Gasteiger partial charge in [-0.25, -0.2) is 4.98 Å². The van der Waals surface area contributed by atoms with Crippen LogP contribution in [0.25, 0.3) is 11.3 Å². The van der Waals surface area contributed by atoms with Crippen LogP contribution in [0.15, 0.2) is 54.7 Å². The number of imidazole rings is 1. The van der Waals surface area contributed by atoms with E-state index in [4.69, 9.17) is 9.47 Å². The largest absolute Gasteiger partial charge is 0.486 e. The number of ether oxygens (including phenoxy) is 2. The average molecular weight is 349 g/mol. The molecule has 1 amide bonds. The van der Waals surface area contributed by atoms with Crippen LogP contribution in [0.2, 0.25) is 0 Å². The van der Waals surface area contributed by atoms with E-state index in [1.165, 1.54) is 0 Å². The summed E-state index contributed by atoms with van der Waals surface area (Å²) in [6, 6.07) is 15.2. The third-order valence-corrected chi connectivity index (χ3v) is 4.16. The summed E-state index contributed by atoms with van der Waals surface area (Å²) in [5.74, 6) is 1.99. The van der Waals surface area contributed by atoms with E-state index in [0.717, 1.165) is 17.1 Å². The van der Waals surface area contributed by atoms with Crippen molar-refractivity contribution >= 4 is 5.91 Å². The van der Waals surface area contributed by atoms with Crippen LogP contribution in [-0.4, -0.2) is 35.6 Å². The molecule has 0 saturated carbocycles. The number of H-pyrrole nitrogens is 1. The molecule has 1 aliphatic heterocycles. The van der Waals surface area contributed by atoms with Crippen LogP contribution in [0.1, 0.15) is 16.2 Å². The molecule has 26 heavy (non-hydrogen) atoms. The number of fused-ring (bicyclic) bond motifs is 1. The number of carbonyl (C=O) groups excluding carboxylic acids is 1. The second-order valence-corrected chi connectivity index (χ2v) is 5.97. The van der Waals surface area contributed by atoms with E-state index in [-0.39, 0.29) is 5.91 Å². The molecule has 1 aromatic heterocycles. The number of hydrogen-bond donors (Lipinski definition) is 2. The fourth-order valence-corrected chi connectivity index (χ4v) is 2.84. The summed E-state index contributed by atoms with van der Waals surface area (Å²) in [7, 11) is 0. The van der Waals surface area contributed by atoms with Gasteiger partial charge in [-0.1, -0.05) is 30.3 Å². The van der Waals surface area contributed by atoms with Crippen molar-refractivity contribution in [2.45, 2.75) is 6.42 Å². The molecule has 0 aliphatic carbocycles. The van der Waals surface area contributed by atoms with Crippen molar-refractivity contribution in [1.29, 1.82) is 0 Å². The van der Waals surface area contributed by atoms with Crippen molar-refractivity contribution in [2.24, 2.45) is 0 Å². The summed E-state index contributed by atoms with van der Waals surface area (Å²) in [6.45, 7) is 1.53. The van der Waals surface area contributed by atoms with Gasteiger partial charge in [-0.05, 0) is 23.8 Å². The van der Waals surface area contributed by atoms with Crippen LogP contribution in [0.3, 0.4) is 0 Å². The predicted molar refractivity (Wildman–Crippen MR) is 97.5 cm³/mol. The Labute approximate surface area is 151 Å². The fraction of sp³-hybridized carbons (Fsp3) is 0.200. The molecule has 0 saturated heterocycles. The van der Waals surface area contributed by atoms with E-state index >= 15 is 0 Å². The molecule has 0 radical (unpaired) electrons. The number of rotatable bonds is 5. The van der Waals surface area contributed by atoms with Crippen molar-refractivity contribution in [2.75, 3.05) is 19.8 Å². The summed E-state index contributed by atoms with van der Waals surface area (Å²) in [5.41, 5.74) is 2.61. The van der Waals surface area contributed by atoms with Crippen molar-refractivity contribution in [3.05, 3.63) is 66.1 Å². The summed E-state index contributed by atoms with van der Waals surface area (Å²) < 4.78 is 11.0. The monoisotopic (exact) mass is 349 g/mol. The van der Waals surface area contributed by atoms with Crippen LogP contribution < -0.4 is 14.8 Å². The van der Waals surface area contributed by atoms with Gasteiger partial charge in [-0.15, -0.1) is 0 Å². The van der Waals surface area contributed by atoms with E-state index in [0.29, 0.717) is 43.2 Å². The highest BCUT2D eigenvalue weighted by Gasteiger charge is 2.14. The summed E-state index contributed by atoms with van der Waals surface area (Å²) in [5, 5.41) is 2.91. The van der Waals surface area contributed by atoms with E-state index in [9.17, 15) is 4.79 Å². The molecule has 2 N–H and O–H groups in total. The highest BCUT2D eigenvalue weighted by atomic mass is 16.6. The van der Waals surface area contributed by atoms with Gasteiger partial charge in [0.2, 0.25) is 0 Å². The van der Waals surface area contributed by atoms with Gasteiger partial charge in [-0.2, -0.15) is 0 Å². The first kappa shape index (κ1) is 16.2. The summed E-state index contributed by atoms with van der Waals surface area (Å²) >= 11 is 0. The highest BCUT2D eigenvalue weighted by molar-refractivity contribution is 5.94. The number of carbonyl (C=O) groups is 1. The smallest absolute Gasteiger partial charge is 0.251 e. The Morgan fingerprint density at radius 3 is 2.73 bits per heavy atom. The normalized spacial score (nSPS) is 12.6. The minimum Gasteiger partial charge on any atom is -0.486 e. The Bertz CT molecular complexity index is 906. The molecule has 0 spiro atoms. The number of aromatic nitrogens is 2. The van der Waals surface area contributed by atoms with E-state index < -0.39 is 0 Å². The van der Waals surface area contributed by atoms with Crippen molar-refractivity contribution < 1.29 is 14.3 Å². The molecule has 6 nitrogen and oxygen atoms in total. The Balaban J connectivity index is 1.33. The Morgan fingerprint density at radius 1 is 1.08 bits per heavy atom. The van der Waals surface area contributed by atoms with Gasteiger partial charge in [0.1, 0.15) is 19.0 Å². The topological polar surface area (TPSA) is 76.2 Å². The van der Waals surface area contributed by atoms with Crippen molar-refractivity contribution in [3.63, 3.8) is 0 Å². The Hall–Kier alpha value is -3.28. The number of amides is 1. The number of aromatic amines is 1. The van der Waals surface area contributed by atoms with Crippen LogP contribution in [0.5, 0.6) is 11.5 Å². The first-order valence-electron chi connectivity index (χ1n) is 8.57. The molecular weight excluding hydrogens is 330 g/mol. The molecule has 0 unspecified atom stereocenters. The maximum absolute atomic E-state index is 12.3. The standard InChI is InChI=1S/C20H19N3O3/c24-20(15-6-7-17-18(12-15)26-11-10-25-17)21-9-8-19-22-13-16(23-19)14-4-2-1-3-5-14/h1-7,12-13H,8-11H2,(H,21,24)(H,22,23). The Kier molecular flexibility index (Phi) is 4.55. The van der Waals surface area contributed by atoms with Crippen LogP contribution in [-0.2, 0) is 6.42 Å². The molecule has 2 heterocycles. The fourth-order valence-electron chi connectivity index (χ4n) is 2.84. The molecule has 3 aromatic rings. The molecule has 4 rings (SSSR count). The molecule has 0 bridgehead atoms. The second kappa shape index (κ2) is 7.31. The van der Waals surface area contributed by atoms with E-state index in [2.05, 4.69) is 15.3 Å². The minimum absolute atomic E-state index is 0.142. The lowest BCUT2D eigenvalue weighted by Crippen LogP contribution is -2.26. The summed E-state index contributed by atoms with van der Waals surface area (Å²) in [6.07, 6.45) is 2.44. The molecule has 1 aliphatic rings. The van der Waals surface area contributed by atoms with Gasteiger partial charge in [0.05, 0.1) is 11.9 Å². The van der Waals surface area contributed by atoms with Gasteiger partial charge in [0, 0.05) is 18.5 Å². The van der Waals surface area contributed by atoms with E-state index in [1.807, 2.05) is 36.5 Å².